The molecule has 120 valence electrons. The molecule has 0 N–H and O–H groups in total. The van der Waals surface area contributed by atoms with Crippen LogP contribution in [0.4, 0.5) is 0 Å². The zero-order chi connectivity index (χ0) is 15.7. The maximum atomic E-state index is 12.1. The number of oxazole rings is 1. The van der Waals surface area contributed by atoms with Gasteiger partial charge >= 0.3 is 5.76 Å². The molecule has 1 aromatic heterocycles. The van der Waals surface area contributed by atoms with E-state index in [1.54, 1.807) is 10.6 Å². The first kappa shape index (κ1) is 15.3. The van der Waals surface area contributed by atoms with Crippen molar-refractivity contribution in [2.45, 2.75) is 32.5 Å². The fraction of sp³-hybridized carbons (Fsp3) is 0.533. The average Bonchev–Trinajstić information content (AvgIpc) is 2.98. The van der Waals surface area contributed by atoms with Gasteiger partial charge in [-0.3, -0.25) is 9.47 Å². The zero-order valence-electron chi connectivity index (χ0n) is 12.6. The minimum absolute atomic E-state index is 0.0227. The van der Waals surface area contributed by atoms with Crippen LogP contribution in [0.5, 0.6) is 0 Å². The summed E-state index contributed by atoms with van der Waals surface area (Å²) in [6, 6.07) is 7.26. The Kier molecular flexibility index (Phi) is 4.10. The highest BCUT2D eigenvalue weighted by Gasteiger charge is 2.32. The second-order valence-corrected chi connectivity index (χ2v) is 8.00. The molecule has 1 aliphatic rings. The third kappa shape index (κ3) is 2.96. The van der Waals surface area contributed by atoms with E-state index in [4.69, 9.17) is 4.42 Å². The molecule has 1 atom stereocenters. The first-order chi connectivity index (χ1) is 10.5. The van der Waals surface area contributed by atoms with Crippen molar-refractivity contribution in [3.63, 3.8) is 0 Å². The fourth-order valence-corrected chi connectivity index (χ4v) is 4.81. The van der Waals surface area contributed by atoms with Gasteiger partial charge in [0, 0.05) is 6.04 Å². The average molecular weight is 324 g/mol. The Morgan fingerprint density at radius 2 is 2.14 bits per heavy atom. The van der Waals surface area contributed by atoms with Crippen LogP contribution in [0.15, 0.2) is 33.5 Å². The number of benzene rings is 1. The van der Waals surface area contributed by atoms with Crippen molar-refractivity contribution in [1.29, 1.82) is 0 Å². The molecule has 0 radical (unpaired) electrons. The third-order valence-electron chi connectivity index (χ3n) is 4.13. The van der Waals surface area contributed by atoms with Crippen molar-refractivity contribution < 1.29 is 12.8 Å². The molecule has 1 fully saturated rings. The number of para-hydroxylation sites is 2. The van der Waals surface area contributed by atoms with E-state index in [2.05, 4.69) is 4.90 Å². The molecule has 7 heteroatoms. The van der Waals surface area contributed by atoms with Crippen LogP contribution in [-0.4, -0.2) is 42.0 Å². The molecule has 2 heterocycles. The minimum Gasteiger partial charge on any atom is -0.408 e. The van der Waals surface area contributed by atoms with Crippen molar-refractivity contribution in [3.8, 4) is 0 Å². The van der Waals surface area contributed by atoms with Crippen molar-refractivity contribution in [2.75, 3.05) is 18.1 Å². The Morgan fingerprint density at radius 1 is 1.36 bits per heavy atom. The molecule has 1 aromatic carbocycles. The molecule has 1 unspecified atom stereocenters. The number of sulfone groups is 1. The summed E-state index contributed by atoms with van der Waals surface area (Å²) in [4.78, 5) is 14.1. The summed E-state index contributed by atoms with van der Waals surface area (Å²) in [5, 5.41) is 0. The molecule has 0 spiro atoms. The van der Waals surface area contributed by atoms with Crippen molar-refractivity contribution in [3.05, 3.63) is 34.8 Å². The Labute approximate surface area is 129 Å². The predicted molar refractivity (Wildman–Crippen MR) is 84.5 cm³/mol. The number of hydrogen-bond acceptors (Lipinski definition) is 5. The third-order valence-corrected chi connectivity index (χ3v) is 5.88. The SMILES string of the molecule is CCCN(Cn1c(=O)oc2ccccc21)C1CCS(=O)(=O)C1. The Bertz CT molecular complexity index is 821. The van der Waals surface area contributed by atoms with Crippen LogP contribution in [0.3, 0.4) is 0 Å². The molecular weight excluding hydrogens is 304 g/mol. The lowest BCUT2D eigenvalue weighted by Gasteiger charge is -2.27. The highest BCUT2D eigenvalue weighted by Crippen LogP contribution is 2.20. The van der Waals surface area contributed by atoms with E-state index in [1.807, 2.05) is 25.1 Å². The van der Waals surface area contributed by atoms with Gasteiger partial charge in [0.25, 0.3) is 0 Å². The lowest BCUT2D eigenvalue weighted by Crippen LogP contribution is -2.40. The fourth-order valence-electron chi connectivity index (χ4n) is 3.05. The van der Waals surface area contributed by atoms with Gasteiger partial charge in [0.2, 0.25) is 0 Å². The zero-order valence-corrected chi connectivity index (χ0v) is 13.4. The van der Waals surface area contributed by atoms with Gasteiger partial charge in [-0.15, -0.1) is 0 Å². The summed E-state index contributed by atoms with van der Waals surface area (Å²) in [7, 11) is -2.94. The molecule has 1 saturated heterocycles. The van der Waals surface area contributed by atoms with Crippen LogP contribution >= 0.6 is 0 Å². The van der Waals surface area contributed by atoms with E-state index in [0.29, 0.717) is 18.7 Å². The first-order valence-electron chi connectivity index (χ1n) is 7.53. The summed E-state index contributed by atoms with van der Waals surface area (Å²) in [5.74, 6) is 0.0133. The monoisotopic (exact) mass is 324 g/mol. The maximum absolute atomic E-state index is 12.1. The standard InChI is InChI=1S/C15H20N2O4S/c1-2-8-16(12-7-9-22(19,20)10-12)11-17-13-5-3-4-6-14(13)21-15(17)18/h3-6,12H,2,7-11H2,1H3. The molecule has 2 aromatic rings. The second-order valence-electron chi connectivity index (χ2n) is 5.77. The largest absolute Gasteiger partial charge is 0.421 e. The highest BCUT2D eigenvalue weighted by atomic mass is 32.2. The lowest BCUT2D eigenvalue weighted by atomic mass is 10.2. The van der Waals surface area contributed by atoms with Gasteiger partial charge in [0.1, 0.15) is 0 Å². The minimum atomic E-state index is -2.94. The van der Waals surface area contributed by atoms with Crippen LogP contribution in [0.1, 0.15) is 19.8 Å². The van der Waals surface area contributed by atoms with Crippen molar-refractivity contribution in [2.24, 2.45) is 0 Å². The Morgan fingerprint density at radius 3 is 2.82 bits per heavy atom. The number of rotatable bonds is 5. The van der Waals surface area contributed by atoms with E-state index in [-0.39, 0.29) is 17.5 Å². The molecule has 0 bridgehead atoms. The van der Waals surface area contributed by atoms with Gasteiger partial charge < -0.3 is 4.42 Å². The predicted octanol–water partition coefficient (Wildman–Crippen LogP) is 1.45. The molecule has 0 amide bonds. The molecular formula is C15H20N2O4S. The van der Waals surface area contributed by atoms with Gasteiger partial charge in [-0.2, -0.15) is 0 Å². The van der Waals surface area contributed by atoms with E-state index in [1.165, 1.54) is 0 Å². The lowest BCUT2D eigenvalue weighted by molar-refractivity contribution is 0.162. The number of nitrogens with zero attached hydrogens (tertiary/aromatic N) is 2. The van der Waals surface area contributed by atoms with Crippen LogP contribution in [0.25, 0.3) is 11.1 Å². The van der Waals surface area contributed by atoms with Crippen LogP contribution in [-0.2, 0) is 16.5 Å². The number of hydrogen-bond donors (Lipinski definition) is 0. The van der Waals surface area contributed by atoms with E-state index >= 15 is 0 Å². The molecule has 3 rings (SSSR count). The topological polar surface area (TPSA) is 72.5 Å². The van der Waals surface area contributed by atoms with Crippen molar-refractivity contribution in [1.82, 2.24) is 9.47 Å². The van der Waals surface area contributed by atoms with Gasteiger partial charge in [-0.05, 0) is 31.5 Å². The summed E-state index contributed by atoms with van der Waals surface area (Å²) in [6.07, 6.45) is 1.54. The second kappa shape index (κ2) is 5.89. The summed E-state index contributed by atoms with van der Waals surface area (Å²) < 4.78 is 30.3. The summed E-state index contributed by atoms with van der Waals surface area (Å²) in [5.41, 5.74) is 1.30. The first-order valence-corrected chi connectivity index (χ1v) is 9.35. The summed E-state index contributed by atoms with van der Waals surface area (Å²) in [6.45, 7) is 3.17. The number of aromatic nitrogens is 1. The highest BCUT2D eigenvalue weighted by molar-refractivity contribution is 7.91. The Hall–Kier alpha value is -1.60. The maximum Gasteiger partial charge on any atom is 0.421 e. The van der Waals surface area contributed by atoms with Gasteiger partial charge in [-0.1, -0.05) is 19.1 Å². The summed E-state index contributed by atoms with van der Waals surface area (Å²) >= 11 is 0. The van der Waals surface area contributed by atoms with Gasteiger partial charge in [0.05, 0.1) is 23.7 Å². The van der Waals surface area contributed by atoms with Crippen LogP contribution in [0, 0.1) is 0 Å². The van der Waals surface area contributed by atoms with Gasteiger partial charge in [0.15, 0.2) is 15.4 Å². The molecule has 6 nitrogen and oxygen atoms in total. The van der Waals surface area contributed by atoms with Crippen molar-refractivity contribution >= 4 is 20.9 Å². The quantitative estimate of drug-likeness (QED) is 0.832. The molecule has 0 aliphatic carbocycles. The Balaban J connectivity index is 1.90. The normalized spacial score (nSPS) is 20.9. The van der Waals surface area contributed by atoms with E-state index in [9.17, 15) is 13.2 Å². The number of fused-ring (bicyclic) bond motifs is 1. The molecule has 1 aliphatic heterocycles. The van der Waals surface area contributed by atoms with Crippen LogP contribution < -0.4 is 5.76 Å². The van der Waals surface area contributed by atoms with E-state index < -0.39 is 15.6 Å². The molecule has 22 heavy (non-hydrogen) atoms. The van der Waals surface area contributed by atoms with Gasteiger partial charge in [-0.25, -0.2) is 13.2 Å². The smallest absolute Gasteiger partial charge is 0.408 e. The van der Waals surface area contributed by atoms with E-state index in [0.717, 1.165) is 18.5 Å². The molecule has 0 saturated carbocycles. The van der Waals surface area contributed by atoms with Crippen LogP contribution in [0.2, 0.25) is 0 Å².